The third-order valence-electron chi connectivity index (χ3n) is 5.60. The molecule has 3 nitrogen and oxygen atoms in total. The number of benzene rings is 1. The van der Waals surface area contributed by atoms with E-state index in [0.717, 1.165) is 24.2 Å². The zero-order valence-corrected chi connectivity index (χ0v) is 12.8. The van der Waals surface area contributed by atoms with E-state index < -0.39 is 11.0 Å². The third kappa shape index (κ3) is 1.97. The van der Waals surface area contributed by atoms with Crippen LogP contribution in [0.4, 0.5) is 0 Å². The molecule has 1 heterocycles. The molecule has 1 aromatic carbocycles. The van der Waals surface area contributed by atoms with Crippen molar-refractivity contribution in [3.05, 3.63) is 29.8 Å². The van der Waals surface area contributed by atoms with Crippen molar-refractivity contribution in [2.45, 2.75) is 50.5 Å². The van der Waals surface area contributed by atoms with Crippen LogP contribution in [0.3, 0.4) is 0 Å². The van der Waals surface area contributed by atoms with Crippen LogP contribution in [0.5, 0.6) is 5.75 Å². The quantitative estimate of drug-likeness (QED) is 0.860. The van der Waals surface area contributed by atoms with E-state index in [9.17, 15) is 10.4 Å². The normalized spacial score (nSPS) is 39.0. The molecule has 4 atom stereocenters. The van der Waals surface area contributed by atoms with Crippen LogP contribution in [-0.2, 0) is 5.41 Å². The van der Waals surface area contributed by atoms with Gasteiger partial charge in [-0.1, -0.05) is 32.0 Å². The smallest absolute Gasteiger partial charge is 0.124 e. The largest absolute Gasteiger partial charge is 0.493 e. The second kappa shape index (κ2) is 5.03. The van der Waals surface area contributed by atoms with E-state index in [1.807, 2.05) is 24.3 Å². The fourth-order valence-corrected chi connectivity index (χ4v) is 4.32. The molecule has 3 rings (SSSR count). The first-order valence-corrected chi connectivity index (χ1v) is 7.89. The zero-order valence-electron chi connectivity index (χ0n) is 12.8. The van der Waals surface area contributed by atoms with Crippen molar-refractivity contribution >= 4 is 0 Å². The average molecular weight is 285 g/mol. The van der Waals surface area contributed by atoms with Gasteiger partial charge in [0.2, 0.25) is 0 Å². The Morgan fingerprint density at radius 2 is 2.05 bits per heavy atom. The van der Waals surface area contributed by atoms with Crippen LogP contribution in [-0.4, -0.2) is 17.3 Å². The molecule has 0 spiro atoms. The lowest BCUT2D eigenvalue weighted by molar-refractivity contribution is -0.106. The SMILES string of the molecule is CC1CCC(O)(C2(C#N)CCOc3ccccc32)C(C)C1. The van der Waals surface area contributed by atoms with E-state index in [-0.39, 0.29) is 5.92 Å². The first-order valence-electron chi connectivity index (χ1n) is 7.89. The summed E-state index contributed by atoms with van der Waals surface area (Å²) in [7, 11) is 0. The molecular weight excluding hydrogens is 262 g/mol. The van der Waals surface area contributed by atoms with Crippen LogP contribution in [0, 0.1) is 23.2 Å². The number of rotatable bonds is 1. The Labute approximate surface area is 126 Å². The molecule has 1 fully saturated rings. The van der Waals surface area contributed by atoms with Crippen LogP contribution in [0.15, 0.2) is 24.3 Å². The summed E-state index contributed by atoms with van der Waals surface area (Å²) in [5.41, 5.74) is -0.946. The Morgan fingerprint density at radius 1 is 1.29 bits per heavy atom. The minimum Gasteiger partial charge on any atom is -0.493 e. The fraction of sp³-hybridized carbons (Fsp3) is 0.611. The van der Waals surface area contributed by atoms with Crippen LogP contribution >= 0.6 is 0 Å². The molecule has 1 aliphatic carbocycles. The van der Waals surface area contributed by atoms with Crippen LogP contribution < -0.4 is 4.74 Å². The average Bonchev–Trinajstić information content (AvgIpc) is 2.50. The Morgan fingerprint density at radius 3 is 2.76 bits per heavy atom. The van der Waals surface area contributed by atoms with Gasteiger partial charge < -0.3 is 9.84 Å². The Hall–Kier alpha value is -1.53. The zero-order chi connectivity index (χ0) is 15.1. The lowest BCUT2D eigenvalue weighted by Crippen LogP contribution is -2.58. The predicted molar refractivity (Wildman–Crippen MR) is 81.0 cm³/mol. The molecule has 1 saturated carbocycles. The number of ether oxygens (including phenoxy) is 1. The fourth-order valence-electron chi connectivity index (χ4n) is 4.32. The van der Waals surface area contributed by atoms with Crippen LogP contribution in [0.2, 0.25) is 0 Å². The monoisotopic (exact) mass is 285 g/mol. The first-order chi connectivity index (χ1) is 10.0. The van der Waals surface area contributed by atoms with Gasteiger partial charge in [-0.05, 0) is 37.2 Å². The second-order valence-corrected chi connectivity index (χ2v) is 6.82. The van der Waals surface area contributed by atoms with E-state index in [4.69, 9.17) is 4.74 Å². The van der Waals surface area contributed by atoms with E-state index in [0.29, 0.717) is 25.4 Å². The molecule has 0 bridgehead atoms. The van der Waals surface area contributed by atoms with Gasteiger partial charge >= 0.3 is 0 Å². The molecule has 3 heteroatoms. The van der Waals surface area contributed by atoms with Crippen molar-refractivity contribution in [1.82, 2.24) is 0 Å². The highest BCUT2D eigenvalue weighted by atomic mass is 16.5. The Bertz CT molecular complexity index is 579. The summed E-state index contributed by atoms with van der Waals surface area (Å²) in [5, 5.41) is 21.5. The van der Waals surface area contributed by atoms with Gasteiger partial charge in [-0.15, -0.1) is 0 Å². The van der Waals surface area contributed by atoms with Gasteiger partial charge in [0.15, 0.2) is 0 Å². The topological polar surface area (TPSA) is 53.2 Å². The summed E-state index contributed by atoms with van der Waals surface area (Å²) in [6.45, 7) is 4.81. The summed E-state index contributed by atoms with van der Waals surface area (Å²) >= 11 is 0. The number of hydrogen-bond donors (Lipinski definition) is 1. The van der Waals surface area contributed by atoms with E-state index >= 15 is 0 Å². The third-order valence-corrected chi connectivity index (χ3v) is 5.60. The Kier molecular flexibility index (Phi) is 3.45. The molecule has 112 valence electrons. The molecule has 1 aliphatic heterocycles. The van der Waals surface area contributed by atoms with Gasteiger partial charge in [-0.2, -0.15) is 5.26 Å². The van der Waals surface area contributed by atoms with Crippen LogP contribution in [0.1, 0.15) is 45.1 Å². The molecule has 0 radical (unpaired) electrons. The lowest BCUT2D eigenvalue weighted by Gasteiger charge is -2.52. The van der Waals surface area contributed by atoms with Gasteiger partial charge in [0.05, 0.1) is 18.3 Å². The number of hydrogen-bond acceptors (Lipinski definition) is 3. The van der Waals surface area contributed by atoms with Gasteiger partial charge in [0.25, 0.3) is 0 Å². The maximum Gasteiger partial charge on any atom is 0.124 e. The number of nitrogens with zero attached hydrogens (tertiary/aromatic N) is 1. The minimum atomic E-state index is -0.964. The molecular formula is C18H23NO2. The van der Waals surface area contributed by atoms with Crippen LogP contribution in [0.25, 0.3) is 0 Å². The minimum absolute atomic E-state index is 0.118. The van der Waals surface area contributed by atoms with Crippen molar-refractivity contribution in [3.63, 3.8) is 0 Å². The molecule has 1 aromatic rings. The van der Waals surface area contributed by atoms with Gasteiger partial charge in [-0.3, -0.25) is 0 Å². The summed E-state index contributed by atoms with van der Waals surface area (Å²) in [5.74, 6) is 1.49. The predicted octanol–water partition coefficient (Wildman–Crippen LogP) is 3.42. The van der Waals surface area contributed by atoms with Gasteiger partial charge in [0, 0.05) is 12.0 Å². The van der Waals surface area contributed by atoms with Crippen molar-refractivity contribution < 1.29 is 9.84 Å². The molecule has 4 unspecified atom stereocenters. The standard InChI is InChI=1S/C18H23NO2/c1-13-7-8-18(20,14(2)11-13)17(12-19)9-10-21-16-6-4-3-5-15(16)17/h3-6,13-14,20H,7-11H2,1-2H3. The number of para-hydroxylation sites is 1. The molecule has 0 saturated heterocycles. The van der Waals surface area contributed by atoms with E-state index in [1.165, 1.54) is 0 Å². The first kappa shape index (κ1) is 14.4. The highest BCUT2D eigenvalue weighted by molar-refractivity contribution is 5.48. The maximum absolute atomic E-state index is 11.5. The molecule has 2 aliphatic rings. The molecule has 0 amide bonds. The van der Waals surface area contributed by atoms with Crippen molar-refractivity contribution in [2.75, 3.05) is 6.61 Å². The van der Waals surface area contributed by atoms with E-state index in [2.05, 4.69) is 19.9 Å². The number of aliphatic hydroxyl groups is 1. The number of fused-ring (bicyclic) bond motifs is 1. The van der Waals surface area contributed by atoms with Crippen molar-refractivity contribution in [1.29, 1.82) is 5.26 Å². The maximum atomic E-state index is 11.5. The van der Waals surface area contributed by atoms with Crippen molar-refractivity contribution in [2.24, 2.45) is 11.8 Å². The second-order valence-electron chi connectivity index (χ2n) is 6.82. The molecule has 21 heavy (non-hydrogen) atoms. The summed E-state index contributed by atoms with van der Waals surface area (Å²) < 4.78 is 5.71. The van der Waals surface area contributed by atoms with Gasteiger partial charge in [-0.25, -0.2) is 0 Å². The molecule has 1 N–H and O–H groups in total. The summed E-state index contributed by atoms with van der Waals surface area (Å²) in [6, 6.07) is 10.2. The van der Waals surface area contributed by atoms with Gasteiger partial charge in [0.1, 0.15) is 11.2 Å². The summed E-state index contributed by atoms with van der Waals surface area (Å²) in [6.07, 6.45) is 3.21. The number of nitriles is 1. The molecule has 0 aromatic heterocycles. The lowest BCUT2D eigenvalue weighted by atomic mass is 9.55. The highest BCUT2D eigenvalue weighted by Crippen LogP contribution is 2.53. The van der Waals surface area contributed by atoms with E-state index in [1.54, 1.807) is 0 Å². The highest BCUT2D eigenvalue weighted by Gasteiger charge is 2.58. The Balaban J connectivity index is 2.12. The van der Waals surface area contributed by atoms with Crippen molar-refractivity contribution in [3.8, 4) is 11.8 Å². The summed E-state index contributed by atoms with van der Waals surface area (Å²) in [4.78, 5) is 0.